The molecule has 1 fully saturated rings. The Bertz CT molecular complexity index is 905. The molecule has 8 heteroatoms. The molecule has 146 valence electrons. The molecule has 0 unspecified atom stereocenters. The summed E-state index contributed by atoms with van der Waals surface area (Å²) in [5.74, 6) is 0.574. The van der Waals surface area contributed by atoms with Crippen LogP contribution in [0.3, 0.4) is 0 Å². The van der Waals surface area contributed by atoms with Gasteiger partial charge in [0.05, 0.1) is 0 Å². The highest BCUT2D eigenvalue weighted by molar-refractivity contribution is 8.00. The van der Waals surface area contributed by atoms with Gasteiger partial charge >= 0.3 is 0 Å². The van der Waals surface area contributed by atoms with E-state index in [-0.39, 0.29) is 16.7 Å². The molecule has 2 heterocycles. The van der Waals surface area contributed by atoms with Crippen molar-refractivity contribution in [2.45, 2.75) is 27.2 Å². The lowest BCUT2D eigenvalue weighted by Crippen LogP contribution is -2.39. The summed E-state index contributed by atoms with van der Waals surface area (Å²) in [6, 6.07) is 6.74. The van der Waals surface area contributed by atoms with E-state index in [1.807, 2.05) is 23.6 Å². The highest BCUT2D eigenvalue weighted by atomic mass is 35.5. The monoisotopic (exact) mass is 409 g/mol. The fourth-order valence-electron chi connectivity index (χ4n) is 3.50. The lowest BCUT2D eigenvalue weighted by atomic mass is 10.1. The Morgan fingerprint density at radius 1 is 1.11 bits per heavy atom. The van der Waals surface area contributed by atoms with E-state index in [1.54, 1.807) is 31.2 Å². The number of benzene rings is 1. The number of halogens is 1. The maximum Gasteiger partial charge on any atom is 0.285 e. The minimum Gasteiger partial charge on any atom is -0.354 e. The zero-order chi connectivity index (χ0) is 19.8. The zero-order valence-corrected chi connectivity index (χ0v) is 17.3. The molecule has 0 radical (unpaired) electrons. The van der Waals surface area contributed by atoms with Crippen LogP contribution in [0.4, 0.5) is 0 Å². The van der Waals surface area contributed by atoms with Gasteiger partial charge in [-0.3, -0.25) is 4.79 Å². The van der Waals surface area contributed by atoms with E-state index in [4.69, 9.17) is 11.6 Å². The standard InChI is InChI=1S/C19H24ClN3O3S/c1-13(2)19(24)23-10-4-9-22(11-12-23)18-14(3)17(27(25,26)21-18)15-5-7-16(20)8-6-15/h5-8,13H,4,9-12H2,1-3H3. The van der Waals surface area contributed by atoms with Crippen molar-refractivity contribution in [3.8, 4) is 0 Å². The van der Waals surface area contributed by atoms with Crippen molar-refractivity contribution in [1.29, 1.82) is 0 Å². The molecule has 0 N–H and O–H groups in total. The van der Waals surface area contributed by atoms with Crippen molar-refractivity contribution >= 4 is 38.3 Å². The minimum atomic E-state index is -3.75. The second-order valence-corrected chi connectivity index (χ2v) is 9.15. The minimum absolute atomic E-state index is 0.0427. The maximum absolute atomic E-state index is 12.7. The topological polar surface area (TPSA) is 70.1 Å². The van der Waals surface area contributed by atoms with Crippen molar-refractivity contribution in [1.82, 2.24) is 9.80 Å². The van der Waals surface area contributed by atoms with Crippen molar-refractivity contribution in [3.05, 3.63) is 40.4 Å². The van der Waals surface area contributed by atoms with E-state index in [1.165, 1.54) is 0 Å². The number of amidine groups is 1. The van der Waals surface area contributed by atoms with Crippen molar-refractivity contribution in [2.75, 3.05) is 26.2 Å². The number of carbonyl (C=O) groups is 1. The Balaban J connectivity index is 1.87. The maximum atomic E-state index is 12.7. The molecule has 0 atom stereocenters. The number of hydrogen-bond acceptors (Lipinski definition) is 4. The first-order valence-corrected chi connectivity index (χ1v) is 10.9. The zero-order valence-electron chi connectivity index (χ0n) is 15.8. The number of amides is 1. The number of sulfonamides is 1. The largest absolute Gasteiger partial charge is 0.354 e. The van der Waals surface area contributed by atoms with Gasteiger partial charge in [-0.15, -0.1) is 4.40 Å². The molecule has 1 aromatic rings. The van der Waals surface area contributed by atoms with Gasteiger partial charge in [0.2, 0.25) is 5.91 Å². The molecule has 27 heavy (non-hydrogen) atoms. The summed E-state index contributed by atoms with van der Waals surface area (Å²) in [6.07, 6.45) is 0.779. The Morgan fingerprint density at radius 2 is 1.78 bits per heavy atom. The lowest BCUT2D eigenvalue weighted by Gasteiger charge is -2.24. The fraction of sp³-hybridized carbons (Fsp3) is 0.474. The summed E-state index contributed by atoms with van der Waals surface area (Å²) in [7, 11) is -3.75. The van der Waals surface area contributed by atoms with Crippen molar-refractivity contribution in [3.63, 3.8) is 0 Å². The summed E-state index contributed by atoms with van der Waals surface area (Å²) in [5, 5.41) is 0.552. The molecule has 0 saturated carbocycles. The van der Waals surface area contributed by atoms with Gasteiger partial charge in [0.15, 0.2) is 0 Å². The van der Waals surface area contributed by atoms with E-state index in [2.05, 4.69) is 4.40 Å². The van der Waals surface area contributed by atoms with Gasteiger partial charge in [0.1, 0.15) is 10.7 Å². The number of rotatable bonds is 2. The molecule has 1 amide bonds. The number of hydrogen-bond donors (Lipinski definition) is 0. The second kappa shape index (κ2) is 7.64. The molecular formula is C19H24ClN3O3S. The SMILES string of the molecule is CC1=C(c2ccc(Cl)cc2)S(=O)(=O)N=C1N1CCCN(C(=O)C(C)C)CC1. The third kappa shape index (κ3) is 4.04. The molecule has 0 aromatic heterocycles. The second-order valence-electron chi connectivity index (χ2n) is 7.17. The predicted octanol–water partition coefficient (Wildman–Crippen LogP) is 3.00. The average Bonchev–Trinajstić information content (AvgIpc) is 2.78. The Kier molecular flexibility index (Phi) is 5.63. The van der Waals surface area contributed by atoms with Gasteiger partial charge in [-0.25, -0.2) is 0 Å². The van der Waals surface area contributed by atoms with Crippen LogP contribution in [0.1, 0.15) is 32.8 Å². The molecule has 0 spiro atoms. The van der Waals surface area contributed by atoms with Crippen LogP contribution >= 0.6 is 11.6 Å². The molecule has 3 rings (SSSR count). The van der Waals surface area contributed by atoms with Gasteiger partial charge in [0, 0.05) is 42.7 Å². The van der Waals surface area contributed by atoms with Crippen LogP contribution in [0, 0.1) is 5.92 Å². The predicted molar refractivity (Wildman–Crippen MR) is 108 cm³/mol. The first kappa shape index (κ1) is 19.9. The normalized spacial score (nSPS) is 20.1. The summed E-state index contributed by atoms with van der Waals surface area (Å²) >= 11 is 5.92. The van der Waals surface area contributed by atoms with Gasteiger partial charge < -0.3 is 9.80 Å². The Labute approximate surface area is 165 Å². The van der Waals surface area contributed by atoms with Gasteiger partial charge in [0.25, 0.3) is 10.0 Å². The lowest BCUT2D eigenvalue weighted by molar-refractivity contribution is -0.134. The molecule has 1 aromatic carbocycles. The van der Waals surface area contributed by atoms with E-state index in [0.29, 0.717) is 48.2 Å². The summed E-state index contributed by atoms with van der Waals surface area (Å²) < 4.78 is 29.4. The van der Waals surface area contributed by atoms with Crippen molar-refractivity contribution in [2.24, 2.45) is 10.3 Å². The third-order valence-electron chi connectivity index (χ3n) is 4.85. The Hall–Kier alpha value is -1.86. The molecule has 2 aliphatic heterocycles. The highest BCUT2D eigenvalue weighted by Gasteiger charge is 2.34. The summed E-state index contributed by atoms with van der Waals surface area (Å²) in [6.45, 7) is 8.06. The van der Waals surface area contributed by atoms with Crippen LogP contribution in [0.2, 0.25) is 5.02 Å². The van der Waals surface area contributed by atoms with Crippen LogP contribution in [0.15, 0.2) is 34.2 Å². The number of nitrogens with zero attached hydrogens (tertiary/aromatic N) is 3. The van der Waals surface area contributed by atoms with Crippen LogP contribution in [-0.4, -0.2) is 56.1 Å². The Morgan fingerprint density at radius 3 is 2.41 bits per heavy atom. The van der Waals surface area contributed by atoms with Gasteiger partial charge in [-0.05, 0) is 31.0 Å². The van der Waals surface area contributed by atoms with Gasteiger partial charge in [-0.1, -0.05) is 37.6 Å². The van der Waals surface area contributed by atoms with Crippen LogP contribution in [0.25, 0.3) is 4.91 Å². The molecule has 1 saturated heterocycles. The molecular weight excluding hydrogens is 386 g/mol. The quantitative estimate of drug-likeness (QED) is 0.752. The third-order valence-corrected chi connectivity index (χ3v) is 6.57. The smallest absolute Gasteiger partial charge is 0.285 e. The molecule has 2 aliphatic rings. The first-order chi connectivity index (χ1) is 12.7. The van der Waals surface area contributed by atoms with E-state index >= 15 is 0 Å². The number of carbonyl (C=O) groups excluding carboxylic acids is 1. The van der Waals surface area contributed by atoms with E-state index < -0.39 is 10.0 Å². The highest BCUT2D eigenvalue weighted by Crippen LogP contribution is 2.34. The first-order valence-electron chi connectivity index (χ1n) is 9.06. The van der Waals surface area contributed by atoms with Crippen molar-refractivity contribution < 1.29 is 13.2 Å². The summed E-state index contributed by atoms with van der Waals surface area (Å²) in [4.78, 5) is 16.3. The average molecular weight is 410 g/mol. The van der Waals surface area contributed by atoms with E-state index in [9.17, 15) is 13.2 Å². The fourth-order valence-corrected chi connectivity index (χ4v) is 5.11. The van der Waals surface area contributed by atoms with E-state index in [0.717, 1.165) is 6.42 Å². The molecule has 0 bridgehead atoms. The molecule has 0 aliphatic carbocycles. The summed E-state index contributed by atoms with van der Waals surface area (Å²) in [5.41, 5.74) is 1.23. The molecule has 6 nitrogen and oxygen atoms in total. The van der Waals surface area contributed by atoms with Gasteiger partial charge in [-0.2, -0.15) is 8.42 Å². The van der Waals surface area contributed by atoms with Crippen LogP contribution in [0.5, 0.6) is 0 Å². The van der Waals surface area contributed by atoms with Crippen LogP contribution < -0.4 is 0 Å². The van der Waals surface area contributed by atoms with Crippen LogP contribution in [-0.2, 0) is 14.8 Å².